The van der Waals surface area contributed by atoms with Crippen molar-refractivity contribution in [3.8, 4) is 0 Å². The maximum absolute atomic E-state index is 14.1. The van der Waals surface area contributed by atoms with E-state index in [1.54, 1.807) is 6.92 Å². The minimum Gasteiger partial charge on any atom is -0.396 e. The number of nitrogens with zero attached hydrogens (tertiary/aromatic N) is 2. The number of piperidine rings is 1. The number of carbonyl (C=O) groups is 3. The van der Waals surface area contributed by atoms with Gasteiger partial charge in [-0.05, 0) is 63.7 Å². The predicted octanol–water partition coefficient (Wildman–Crippen LogP) is 5.87. The van der Waals surface area contributed by atoms with Crippen molar-refractivity contribution in [2.45, 2.75) is 133 Å². The van der Waals surface area contributed by atoms with Crippen molar-refractivity contribution < 1.29 is 24.2 Å². The van der Waals surface area contributed by atoms with Crippen LogP contribution in [0.4, 0.5) is 0 Å². The maximum atomic E-state index is 14.1. The number of amides is 2. The predicted molar refractivity (Wildman–Crippen MR) is 158 cm³/mol. The van der Waals surface area contributed by atoms with Gasteiger partial charge in [0.25, 0.3) is 0 Å². The van der Waals surface area contributed by atoms with Gasteiger partial charge in [0, 0.05) is 49.5 Å². The van der Waals surface area contributed by atoms with Gasteiger partial charge in [0.1, 0.15) is 5.78 Å². The number of aliphatic hydroxyl groups is 1. The normalized spacial score (nSPS) is 16.4. The number of likely N-dealkylation sites (tertiary alicyclic amines) is 1. The molecule has 1 rings (SSSR count). The first-order valence-electron chi connectivity index (χ1n) is 14.9. The molecule has 7 heteroatoms. The summed E-state index contributed by atoms with van der Waals surface area (Å²) >= 11 is 0. The summed E-state index contributed by atoms with van der Waals surface area (Å²) < 4.78 is 6.09. The van der Waals surface area contributed by atoms with E-state index in [9.17, 15) is 19.5 Å². The zero-order valence-electron chi connectivity index (χ0n) is 27.3. The summed E-state index contributed by atoms with van der Waals surface area (Å²) in [5.41, 5.74) is -1.79. The monoisotopic (exact) mass is 552 g/mol. The molecule has 0 bridgehead atoms. The first kappa shape index (κ1) is 35.6. The van der Waals surface area contributed by atoms with Crippen LogP contribution in [0.15, 0.2) is 0 Å². The van der Waals surface area contributed by atoms with Crippen molar-refractivity contribution in [2.24, 2.45) is 21.7 Å². The lowest BCUT2D eigenvalue weighted by Crippen LogP contribution is -2.55. The number of ether oxygens (including phenoxy) is 1. The molecule has 0 aliphatic carbocycles. The number of aliphatic hydroxyl groups excluding tert-OH is 1. The molecule has 0 aromatic heterocycles. The van der Waals surface area contributed by atoms with Crippen molar-refractivity contribution in [1.29, 1.82) is 0 Å². The van der Waals surface area contributed by atoms with Gasteiger partial charge in [0.15, 0.2) is 0 Å². The summed E-state index contributed by atoms with van der Waals surface area (Å²) in [5.74, 6) is 0.390. The minimum absolute atomic E-state index is 0.0204. The highest BCUT2D eigenvalue weighted by atomic mass is 16.5. The summed E-state index contributed by atoms with van der Waals surface area (Å²) in [6.45, 7) is 26.3. The molecule has 0 saturated carbocycles. The van der Waals surface area contributed by atoms with E-state index >= 15 is 0 Å². The van der Waals surface area contributed by atoms with E-state index < -0.39 is 16.4 Å². The molecular formula is C32H60N2O5. The van der Waals surface area contributed by atoms with Crippen LogP contribution in [0.25, 0.3) is 0 Å². The Labute approximate surface area is 239 Å². The molecule has 0 radical (unpaired) electrons. The summed E-state index contributed by atoms with van der Waals surface area (Å²) in [6.07, 6.45) is 3.84. The Kier molecular flexibility index (Phi) is 12.3. The molecule has 0 unspecified atom stereocenters. The number of rotatable bonds is 14. The Morgan fingerprint density at radius 2 is 1.41 bits per heavy atom. The standard InChI is InChI=1S/C32H60N2O5/c1-24(36)21-29(5,6)23-31(9,10)27(38)34(18-20-39-32(11,12)15-19-35)25-13-16-33(17-14-25)26(37)30(7,8)22-28(2,3)4/h25,35H,13-23H2,1-12H3. The summed E-state index contributed by atoms with van der Waals surface area (Å²) in [6, 6.07) is 0.0204. The third kappa shape index (κ3) is 11.9. The third-order valence-electron chi connectivity index (χ3n) is 7.77. The molecule has 2 amide bonds. The van der Waals surface area contributed by atoms with Crippen LogP contribution in [0.5, 0.6) is 0 Å². The van der Waals surface area contributed by atoms with Crippen LogP contribution >= 0.6 is 0 Å². The Morgan fingerprint density at radius 3 is 1.87 bits per heavy atom. The average Bonchev–Trinajstić information content (AvgIpc) is 2.72. The van der Waals surface area contributed by atoms with Crippen LogP contribution in [-0.2, 0) is 19.1 Å². The molecule has 7 nitrogen and oxygen atoms in total. The van der Waals surface area contributed by atoms with Gasteiger partial charge in [0.2, 0.25) is 11.8 Å². The van der Waals surface area contributed by atoms with E-state index in [2.05, 4.69) is 34.6 Å². The molecule has 1 aliphatic heterocycles. The average molecular weight is 553 g/mol. The summed E-state index contributed by atoms with van der Waals surface area (Å²) in [4.78, 5) is 43.3. The lowest BCUT2D eigenvalue weighted by Gasteiger charge is -2.45. The van der Waals surface area contributed by atoms with Crippen LogP contribution < -0.4 is 0 Å². The zero-order valence-corrected chi connectivity index (χ0v) is 27.3. The van der Waals surface area contributed by atoms with Crippen molar-refractivity contribution in [1.82, 2.24) is 9.80 Å². The van der Waals surface area contributed by atoms with Gasteiger partial charge in [-0.25, -0.2) is 0 Å². The second-order valence-electron chi connectivity index (χ2n) is 15.8. The van der Waals surface area contributed by atoms with E-state index in [0.717, 1.165) is 19.3 Å². The van der Waals surface area contributed by atoms with Crippen molar-refractivity contribution in [2.75, 3.05) is 32.8 Å². The van der Waals surface area contributed by atoms with Crippen LogP contribution in [0.3, 0.4) is 0 Å². The fourth-order valence-electron chi connectivity index (χ4n) is 6.82. The van der Waals surface area contributed by atoms with Gasteiger partial charge >= 0.3 is 0 Å². The second-order valence-corrected chi connectivity index (χ2v) is 15.8. The van der Waals surface area contributed by atoms with Crippen LogP contribution in [0.1, 0.15) is 122 Å². The van der Waals surface area contributed by atoms with Crippen LogP contribution in [-0.4, -0.2) is 77.0 Å². The molecule has 0 atom stereocenters. The van der Waals surface area contributed by atoms with Crippen molar-refractivity contribution >= 4 is 17.6 Å². The molecule has 1 fully saturated rings. The SMILES string of the molecule is CC(=O)CC(C)(C)CC(C)(C)C(=O)N(CCOC(C)(C)CCO)C1CCN(C(=O)C(C)(C)CC(C)(C)C)CC1. The molecule has 1 heterocycles. The number of hydrogen-bond donors (Lipinski definition) is 1. The molecule has 228 valence electrons. The Balaban J connectivity index is 3.07. The molecule has 0 aromatic carbocycles. The fourth-order valence-corrected chi connectivity index (χ4v) is 6.82. The lowest BCUT2D eigenvalue weighted by molar-refractivity contribution is -0.150. The first-order chi connectivity index (χ1) is 17.5. The molecule has 39 heavy (non-hydrogen) atoms. The number of ketones is 1. The van der Waals surface area contributed by atoms with Gasteiger partial charge in [0.05, 0.1) is 12.2 Å². The molecule has 1 saturated heterocycles. The van der Waals surface area contributed by atoms with E-state index in [4.69, 9.17) is 4.74 Å². The highest BCUT2D eigenvalue weighted by molar-refractivity contribution is 5.83. The highest BCUT2D eigenvalue weighted by Gasteiger charge is 2.42. The van der Waals surface area contributed by atoms with Gasteiger partial charge in [-0.2, -0.15) is 0 Å². The smallest absolute Gasteiger partial charge is 0.228 e. The zero-order chi connectivity index (χ0) is 30.4. The summed E-state index contributed by atoms with van der Waals surface area (Å²) in [5, 5.41) is 9.37. The third-order valence-corrected chi connectivity index (χ3v) is 7.77. The number of Topliss-reactive ketones (excluding diaryl/α,β-unsaturated/α-hetero) is 1. The molecular weight excluding hydrogens is 492 g/mol. The van der Waals surface area contributed by atoms with Crippen LogP contribution in [0, 0.1) is 21.7 Å². The number of carbonyl (C=O) groups excluding carboxylic acids is 3. The van der Waals surface area contributed by atoms with Crippen LogP contribution in [0.2, 0.25) is 0 Å². The van der Waals surface area contributed by atoms with Crippen molar-refractivity contribution in [3.05, 3.63) is 0 Å². The van der Waals surface area contributed by atoms with Gasteiger partial charge in [-0.3, -0.25) is 9.59 Å². The highest BCUT2D eigenvalue weighted by Crippen LogP contribution is 2.39. The van der Waals surface area contributed by atoms with E-state index in [0.29, 0.717) is 45.5 Å². The topological polar surface area (TPSA) is 87.2 Å². The van der Waals surface area contributed by atoms with E-state index in [1.165, 1.54) is 0 Å². The first-order valence-corrected chi connectivity index (χ1v) is 14.9. The Morgan fingerprint density at radius 1 is 0.872 bits per heavy atom. The maximum Gasteiger partial charge on any atom is 0.228 e. The molecule has 0 aromatic rings. The largest absolute Gasteiger partial charge is 0.396 e. The Bertz CT molecular complexity index is 830. The van der Waals surface area contributed by atoms with Gasteiger partial charge < -0.3 is 24.4 Å². The molecule has 1 N–H and O–H groups in total. The van der Waals surface area contributed by atoms with E-state index in [1.807, 2.05) is 51.3 Å². The van der Waals surface area contributed by atoms with Crippen molar-refractivity contribution in [3.63, 3.8) is 0 Å². The fraction of sp³-hybridized carbons (Fsp3) is 0.906. The second kappa shape index (κ2) is 13.5. The quantitative estimate of drug-likeness (QED) is 0.291. The lowest BCUT2D eigenvalue weighted by atomic mass is 9.72. The summed E-state index contributed by atoms with van der Waals surface area (Å²) in [7, 11) is 0. The van der Waals surface area contributed by atoms with Gasteiger partial charge in [-0.15, -0.1) is 0 Å². The Hall–Kier alpha value is -1.47. The molecule has 1 aliphatic rings. The number of hydrogen-bond acceptors (Lipinski definition) is 5. The molecule has 0 spiro atoms. The minimum atomic E-state index is -0.652. The van der Waals surface area contributed by atoms with E-state index in [-0.39, 0.29) is 41.1 Å². The van der Waals surface area contributed by atoms with Gasteiger partial charge in [-0.1, -0.05) is 62.3 Å².